The second-order valence-electron chi connectivity index (χ2n) is 6.16. The Labute approximate surface area is 161 Å². The molecule has 9 heteroatoms. The molecule has 0 aromatic heterocycles. The van der Waals surface area contributed by atoms with Crippen molar-refractivity contribution < 1.29 is 27.8 Å². The molecule has 3 N–H and O–H groups in total. The number of carbonyl (C=O) groups is 1. The average molecular weight is 403 g/mol. The molecule has 0 aliphatic heterocycles. The third-order valence-electron chi connectivity index (χ3n) is 3.58. The minimum atomic E-state index is -3.78. The third-order valence-corrected chi connectivity index (χ3v) is 5.04. The first-order valence-corrected chi connectivity index (χ1v) is 10.6. The van der Waals surface area contributed by atoms with Crippen molar-refractivity contribution in [1.29, 1.82) is 0 Å². The second-order valence-corrected chi connectivity index (χ2v) is 7.93. The molecule has 0 aliphatic rings. The first kappa shape index (κ1) is 23.4. The summed E-state index contributed by atoms with van der Waals surface area (Å²) in [5, 5.41) is 12.4. The summed E-state index contributed by atoms with van der Waals surface area (Å²) >= 11 is 0. The van der Waals surface area contributed by atoms with Crippen LogP contribution in [0.5, 0.6) is 0 Å². The van der Waals surface area contributed by atoms with Crippen molar-refractivity contribution >= 4 is 21.7 Å². The molecule has 1 aromatic carbocycles. The van der Waals surface area contributed by atoms with Gasteiger partial charge < -0.3 is 19.9 Å². The lowest BCUT2D eigenvalue weighted by Crippen LogP contribution is -2.26. The maximum absolute atomic E-state index is 12.4. The van der Waals surface area contributed by atoms with E-state index < -0.39 is 16.0 Å². The Kier molecular flexibility index (Phi) is 10.3. The van der Waals surface area contributed by atoms with Crippen LogP contribution >= 0.6 is 0 Å². The summed E-state index contributed by atoms with van der Waals surface area (Å²) in [6, 6.07) is 4.03. The molecule has 154 valence electrons. The monoisotopic (exact) mass is 402 g/mol. The predicted octanol–water partition coefficient (Wildman–Crippen LogP) is 2.32. The highest BCUT2D eigenvalue weighted by Gasteiger charge is 2.18. The number of aromatic carboxylic acids is 1. The summed E-state index contributed by atoms with van der Waals surface area (Å²) in [5.74, 6) is -1.19. The highest BCUT2D eigenvalue weighted by molar-refractivity contribution is 7.89. The maximum atomic E-state index is 12.4. The number of hydrogen-bond donors (Lipinski definition) is 3. The van der Waals surface area contributed by atoms with Gasteiger partial charge in [-0.05, 0) is 51.8 Å². The molecule has 0 saturated carbocycles. The molecule has 0 bridgehead atoms. The van der Waals surface area contributed by atoms with Crippen LogP contribution < -0.4 is 10.0 Å². The van der Waals surface area contributed by atoms with E-state index in [4.69, 9.17) is 9.47 Å². The van der Waals surface area contributed by atoms with Gasteiger partial charge in [0.2, 0.25) is 10.0 Å². The molecule has 0 amide bonds. The fraction of sp³-hybridized carbons (Fsp3) is 0.611. The number of benzene rings is 1. The fourth-order valence-electron chi connectivity index (χ4n) is 2.24. The average Bonchev–Trinajstić information content (AvgIpc) is 2.60. The lowest BCUT2D eigenvalue weighted by atomic mass is 10.2. The van der Waals surface area contributed by atoms with Crippen molar-refractivity contribution in [2.45, 2.75) is 44.6 Å². The molecule has 0 fully saturated rings. The van der Waals surface area contributed by atoms with Crippen LogP contribution in [-0.4, -0.2) is 58.5 Å². The molecule has 0 heterocycles. The number of anilines is 1. The summed E-state index contributed by atoms with van der Waals surface area (Å²) in [6.07, 6.45) is 1.34. The van der Waals surface area contributed by atoms with Crippen molar-refractivity contribution in [1.82, 2.24) is 4.72 Å². The van der Waals surface area contributed by atoms with Gasteiger partial charge in [0.1, 0.15) is 0 Å². The Hall–Kier alpha value is -1.68. The Morgan fingerprint density at radius 1 is 1.19 bits per heavy atom. The lowest BCUT2D eigenvalue weighted by Gasteiger charge is -2.13. The molecule has 0 aliphatic carbocycles. The van der Waals surface area contributed by atoms with Crippen LogP contribution in [0.3, 0.4) is 0 Å². The second kappa shape index (κ2) is 11.9. The van der Waals surface area contributed by atoms with Crippen molar-refractivity contribution in [3.63, 3.8) is 0 Å². The van der Waals surface area contributed by atoms with Crippen molar-refractivity contribution in [3.8, 4) is 0 Å². The zero-order valence-corrected chi connectivity index (χ0v) is 17.0. The van der Waals surface area contributed by atoms with Crippen molar-refractivity contribution in [3.05, 3.63) is 23.8 Å². The standard InChI is InChI=1S/C18H30N2O6S/c1-4-25-11-5-9-19-17-8-7-15(13-16(17)18(21)22)27(23,24)20-10-6-12-26-14(2)3/h7-8,13-14,19-20H,4-6,9-12H2,1-3H3,(H,21,22). The Morgan fingerprint density at radius 3 is 2.52 bits per heavy atom. The topological polar surface area (TPSA) is 114 Å². The van der Waals surface area contributed by atoms with Gasteiger partial charge in [-0.1, -0.05) is 0 Å². The maximum Gasteiger partial charge on any atom is 0.337 e. The largest absolute Gasteiger partial charge is 0.478 e. The van der Waals surface area contributed by atoms with Crippen LogP contribution in [0.4, 0.5) is 5.69 Å². The van der Waals surface area contributed by atoms with Gasteiger partial charge in [0, 0.05) is 38.6 Å². The van der Waals surface area contributed by atoms with Crippen LogP contribution in [0.2, 0.25) is 0 Å². The minimum Gasteiger partial charge on any atom is -0.478 e. The normalized spacial score (nSPS) is 11.7. The molecular formula is C18H30N2O6S. The number of nitrogens with one attached hydrogen (secondary N) is 2. The van der Waals surface area contributed by atoms with E-state index >= 15 is 0 Å². The number of carboxylic acid groups (broad SMARTS) is 1. The van der Waals surface area contributed by atoms with Gasteiger partial charge in [0.05, 0.1) is 16.6 Å². The van der Waals surface area contributed by atoms with E-state index in [-0.39, 0.29) is 23.1 Å². The molecule has 8 nitrogen and oxygen atoms in total. The zero-order valence-electron chi connectivity index (χ0n) is 16.2. The molecule has 0 atom stereocenters. The van der Waals surface area contributed by atoms with Crippen LogP contribution in [0.25, 0.3) is 0 Å². The summed E-state index contributed by atoms with van der Waals surface area (Å²) in [5.41, 5.74) is 0.292. The number of rotatable bonds is 14. The molecule has 0 radical (unpaired) electrons. The van der Waals surface area contributed by atoms with Crippen molar-refractivity contribution in [2.24, 2.45) is 0 Å². The SMILES string of the molecule is CCOCCCNc1ccc(S(=O)(=O)NCCCOC(C)C)cc1C(=O)O. The summed E-state index contributed by atoms with van der Waals surface area (Å²) < 4.78 is 37.8. The van der Waals surface area contributed by atoms with E-state index in [2.05, 4.69) is 10.0 Å². The summed E-state index contributed by atoms with van der Waals surface area (Å²) in [4.78, 5) is 11.4. The van der Waals surface area contributed by atoms with Gasteiger partial charge in [-0.3, -0.25) is 0 Å². The molecule has 1 aromatic rings. The Balaban J connectivity index is 2.72. The van der Waals surface area contributed by atoms with E-state index in [1.807, 2.05) is 20.8 Å². The minimum absolute atomic E-state index is 0.0791. The fourth-order valence-corrected chi connectivity index (χ4v) is 3.34. The predicted molar refractivity (Wildman–Crippen MR) is 104 cm³/mol. The molecule has 0 unspecified atom stereocenters. The van der Waals surface area contributed by atoms with E-state index in [0.717, 1.165) is 0 Å². The van der Waals surface area contributed by atoms with Gasteiger partial charge in [0.15, 0.2) is 0 Å². The van der Waals surface area contributed by atoms with Gasteiger partial charge >= 0.3 is 5.97 Å². The van der Waals surface area contributed by atoms with Gasteiger partial charge in [0.25, 0.3) is 0 Å². The van der Waals surface area contributed by atoms with E-state index in [1.54, 1.807) is 0 Å². The third kappa shape index (κ3) is 8.70. The molecule has 0 saturated heterocycles. The first-order chi connectivity index (χ1) is 12.8. The zero-order chi connectivity index (χ0) is 20.3. The van der Waals surface area contributed by atoms with Gasteiger partial charge in [-0.15, -0.1) is 0 Å². The van der Waals surface area contributed by atoms with Crippen LogP contribution in [-0.2, 0) is 19.5 Å². The summed E-state index contributed by atoms with van der Waals surface area (Å²) in [7, 11) is -3.78. The van der Waals surface area contributed by atoms with Crippen LogP contribution in [0, 0.1) is 0 Å². The molecular weight excluding hydrogens is 372 g/mol. The quantitative estimate of drug-likeness (QED) is 0.409. The number of sulfonamides is 1. The Morgan fingerprint density at radius 2 is 1.89 bits per heavy atom. The highest BCUT2D eigenvalue weighted by Crippen LogP contribution is 2.21. The number of carboxylic acids is 1. The highest BCUT2D eigenvalue weighted by atomic mass is 32.2. The molecule has 0 spiro atoms. The van der Waals surface area contributed by atoms with Crippen LogP contribution in [0.15, 0.2) is 23.1 Å². The van der Waals surface area contributed by atoms with Crippen molar-refractivity contribution in [2.75, 3.05) is 38.2 Å². The lowest BCUT2D eigenvalue weighted by molar-refractivity contribution is 0.0697. The van der Waals surface area contributed by atoms with E-state index in [9.17, 15) is 18.3 Å². The first-order valence-electron chi connectivity index (χ1n) is 9.08. The number of ether oxygens (including phenoxy) is 2. The van der Waals surface area contributed by atoms with Gasteiger partial charge in [-0.25, -0.2) is 17.9 Å². The van der Waals surface area contributed by atoms with E-state index in [0.29, 0.717) is 44.9 Å². The number of hydrogen-bond acceptors (Lipinski definition) is 6. The molecule has 27 heavy (non-hydrogen) atoms. The van der Waals surface area contributed by atoms with Gasteiger partial charge in [-0.2, -0.15) is 0 Å². The summed E-state index contributed by atoms with van der Waals surface area (Å²) in [6.45, 7) is 8.11. The molecule has 1 rings (SSSR count). The van der Waals surface area contributed by atoms with Crippen LogP contribution in [0.1, 0.15) is 44.0 Å². The Bertz CT molecular complexity index is 691. The van der Waals surface area contributed by atoms with E-state index in [1.165, 1.54) is 18.2 Å². The smallest absolute Gasteiger partial charge is 0.337 e.